The maximum Gasteiger partial charge on any atom is 0.358 e. The normalized spacial score (nSPS) is 11.9. The van der Waals surface area contributed by atoms with Gasteiger partial charge in [-0.2, -0.15) is 0 Å². The highest BCUT2D eigenvalue weighted by Gasteiger charge is 2.21. The molecule has 0 N–H and O–H groups in total. The number of carbonyl (C=O) groups excluding carboxylic acids is 1. The molecule has 172 valence electrons. The molecule has 2 aromatic carbocycles. The van der Waals surface area contributed by atoms with Crippen LogP contribution in [0.5, 0.6) is 0 Å². The number of nitrogens with zero attached hydrogens (tertiary/aromatic N) is 4. The van der Waals surface area contributed by atoms with E-state index in [1.54, 1.807) is 23.6 Å². The van der Waals surface area contributed by atoms with Crippen molar-refractivity contribution in [1.82, 2.24) is 18.8 Å². The molecule has 4 aromatic rings. The van der Waals surface area contributed by atoms with Gasteiger partial charge in [-0.3, -0.25) is 0 Å². The highest BCUT2D eigenvalue weighted by molar-refractivity contribution is 7.89. The van der Waals surface area contributed by atoms with E-state index < -0.39 is 16.0 Å². The summed E-state index contributed by atoms with van der Waals surface area (Å²) in [4.78, 5) is 21.7. The largest absolute Gasteiger partial charge is 0.453 e. The summed E-state index contributed by atoms with van der Waals surface area (Å²) in [7, 11) is -0.599. The van der Waals surface area contributed by atoms with Crippen LogP contribution < -0.4 is 0 Å². The average Bonchev–Trinajstić information content (AvgIpc) is 3.43. The summed E-state index contributed by atoms with van der Waals surface area (Å²) in [6.45, 7) is 2.66. The van der Waals surface area contributed by atoms with Gasteiger partial charge in [0.2, 0.25) is 10.0 Å². The van der Waals surface area contributed by atoms with Crippen LogP contribution in [0.4, 0.5) is 0 Å². The second kappa shape index (κ2) is 9.42. The Morgan fingerprint density at radius 2 is 1.88 bits per heavy atom. The number of thiazole rings is 1. The number of hydrogen-bond acceptors (Lipinski definition) is 7. The molecule has 0 fully saturated rings. The summed E-state index contributed by atoms with van der Waals surface area (Å²) >= 11 is 1.38. The van der Waals surface area contributed by atoms with E-state index >= 15 is 0 Å². The summed E-state index contributed by atoms with van der Waals surface area (Å²) in [6, 6.07) is 14.5. The van der Waals surface area contributed by atoms with Crippen LogP contribution in [0.15, 0.2) is 58.8 Å². The Hall–Kier alpha value is -3.08. The molecule has 0 aliphatic rings. The number of carbonyl (C=O) groups is 1. The highest BCUT2D eigenvalue weighted by atomic mass is 32.2. The van der Waals surface area contributed by atoms with Gasteiger partial charge >= 0.3 is 5.97 Å². The Labute approximate surface area is 196 Å². The SMILES string of the molecule is CCCn1c(COC(=O)c2csc(-c3ccccc3)n2)nc2cc(S(=O)(=O)N(C)C)ccc21. The van der Waals surface area contributed by atoms with Gasteiger partial charge in [-0.05, 0) is 24.6 Å². The smallest absolute Gasteiger partial charge is 0.358 e. The summed E-state index contributed by atoms with van der Waals surface area (Å²) in [5.74, 6) is 0.0255. The minimum absolute atomic E-state index is 0.0402. The molecule has 0 bridgehead atoms. The predicted molar refractivity (Wildman–Crippen MR) is 128 cm³/mol. The van der Waals surface area contributed by atoms with E-state index in [-0.39, 0.29) is 17.2 Å². The molecule has 10 heteroatoms. The van der Waals surface area contributed by atoms with Crippen molar-refractivity contribution in [2.24, 2.45) is 0 Å². The number of benzene rings is 2. The van der Waals surface area contributed by atoms with E-state index in [0.29, 0.717) is 17.9 Å². The van der Waals surface area contributed by atoms with E-state index in [2.05, 4.69) is 9.97 Å². The van der Waals surface area contributed by atoms with E-state index in [1.807, 2.05) is 41.8 Å². The molecule has 0 aliphatic heterocycles. The molecule has 4 rings (SSSR count). The first-order valence-corrected chi connectivity index (χ1v) is 12.7. The number of ether oxygens (including phenoxy) is 1. The Bertz CT molecular complexity index is 1390. The molecule has 33 heavy (non-hydrogen) atoms. The molecule has 0 radical (unpaired) electrons. The molecule has 2 aromatic heterocycles. The monoisotopic (exact) mass is 484 g/mol. The standard InChI is InChI=1S/C23H24N4O4S2/c1-4-12-27-20-11-10-17(33(29,30)26(2)3)13-18(20)24-21(27)14-31-23(28)19-15-32-22(25-19)16-8-6-5-7-9-16/h5-11,13,15H,4,12,14H2,1-3H3. The zero-order valence-electron chi connectivity index (χ0n) is 18.6. The minimum Gasteiger partial charge on any atom is -0.453 e. The van der Waals surface area contributed by atoms with Crippen LogP contribution in [-0.2, 0) is 27.9 Å². The molecular formula is C23H24N4O4S2. The van der Waals surface area contributed by atoms with Crippen molar-refractivity contribution in [1.29, 1.82) is 0 Å². The number of hydrogen-bond donors (Lipinski definition) is 0. The number of sulfonamides is 1. The number of esters is 1. The van der Waals surface area contributed by atoms with E-state index in [9.17, 15) is 13.2 Å². The zero-order chi connectivity index (χ0) is 23.6. The first kappa shape index (κ1) is 23.1. The highest BCUT2D eigenvalue weighted by Crippen LogP contribution is 2.25. The molecule has 0 spiro atoms. The van der Waals surface area contributed by atoms with Crippen molar-refractivity contribution in [3.63, 3.8) is 0 Å². The number of fused-ring (bicyclic) bond motifs is 1. The van der Waals surface area contributed by atoms with Crippen LogP contribution in [0.3, 0.4) is 0 Å². The van der Waals surface area contributed by atoms with Crippen molar-refractivity contribution < 1.29 is 17.9 Å². The van der Waals surface area contributed by atoms with Crippen LogP contribution in [0.25, 0.3) is 21.6 Å². The van der Waals surface area contributed by atoms with E-state index in [0.717, 1.165) is 26.8 Å². The Balaban J connectivity index is 1.57. The number of aryl methyl sites for hydroxylation is 1. The number of rotatable bonds is 8. The summed E-state index contributed by atoms with van der Waals surface area (Å²) in [5, 5.41) is 2.42. The lowest BCUT2D eigenvalue weighted by Crippen LogP contribution is -2.22. The van der Waals surface area contributed by atoms with Crippen LogP contribution in [0, 0.1) is 0 Å². The first-order chi connectivity index (χ1) is 15.8. The maximum atomic E-state index is 12.6. The topological polar surface area (TPSA) is 94.4 Å². The van der Waals surface area contributed by atoms with Crippen molar-refractivity contribution >= 4 is 38.4 Å². The van der Waals surface area contributed by atoms with Crippen molar-refractivity contribution in [3.8, 4) is 10.6 Å². The van der Waals surface area contributed by atoms with Gasteiger partial charge in [0.1, 0.15) is 17.4 Å². The van der Waals surface area contributed by atoms with Gasteiger partial charge in [0.15, 0.2) is 5.69 Å². The second-order valence-electron chi connectivity index (χ2n) is 7.60. The first-order valence-electron chi connectivity index (χ1n) is 10.4. The number of imidazole rings is 1. The van der Waals surface area contributed by atoms with Gasteiger partial charge in [-0.25, -0.2) is 27.5 Å². The fraction of sp³-hybridized carbons (Fsp3) is 0.261. The van der Waals surface area contributed by atoms with E-state index in [4.69, 9.17) is 4.74 Å². The van der Waals surface area contributed by atoms with Gasteiger partial charge in [0.05, 0.1) is 15.9 Å². The molecule has 0 aliphatic carbocycles. The van der Waals surface area contributed by atoms with Crippen LogP contribution >= 0.6 is 11.3 Å². The lowest BCUT2D eigenvalue weighted by Gasteiger charge is -2.11. The lowest BCUT2D eigenvalue weighted by molar-refractivity contribution is 0.0452. The molecule has 0 unspecified atom stereocenters. The Morgan fingerprint density at radius 3 is 2.58 bits per heavy atom. The third kappa shape index (κ3) is 4.68. The minimum atomic E-state index is -3.58. The van der Waals surface area contributed by atoms with Crippen LogP contribution in [0.1, 0.15) is 29.7 Å². The quantitative estimate of drug-likeness (QED) is 0.348. The van der Waals surface area contributed by atoms with Gasteiger partial charge in [-0.15, -0.1) is 11.3 Å². The third-order valence-corrected chi connectivity index (χ3v) is 7.79. The molecule has 0 saturated carbocycles. The molecule has 0 amide bonds. The van der Waals surface area contributed by atoms with Crippen molar-refractivity contribution in [2.75, 3.05) is 14.1 Å². The molecule has 0 atom stereocenters. The summed E-state index contributed by atoms with van der Waals surface area (Å²) in [6.07, 6.45) is 0.844. The molecule has 8 nitrogen and oxygen atoms in total. The summed E-state index contributed by atoms with van der Waals surface area (Å²) in [5.41, 5.74) is 2.52. The van der Waals surface area contributed by atoms with Gasteiger partial charge in [0.25, 0.3) is 0 Å². The molecule has 0 saturated heterocycles. The van der Waals surface area contributed by atoms with Crippen molar-refractivity contribution in [2.45, 2.75) is 31.4 Å². The van der Waals surface area contributed by atoms with Crippen molar-refractivity contribution in [3.05, 3.63) is 65.4 Å². The maximum absolute atomic E-state index is 12.6. The fourth-order valence-corrected chi connectivity index (χ4v) is 5.12. The summed E-state index contributed by atoms with van der Waals surface area (Å²) < 4.78 is 33.6. The fourth-order valence-electron chi connectivity index (χ4n) is 3.40. The average molecular weight is 485 g/mol. The van der Waals surface area contributed by atoms with E-state index in [1.165, 1.54) is 25.4 Å². The van der Waals surface area contributed by atoms with Gasteiger partial charge in [-0.1, -0.05) is 37.3 Å². The zero-order valence-corrected chi connectivity index (χ0v) is 20.2. The van der Waals surface area contributed by atoms with Gasteiger partial charge in [0, 0.05) is 31.6 Å². The van der Waals surface area contributed by atoms with Crippen LogP contribution in [-0.4, -0.2) is 47.3 Å². The Kier molecular flexibility index (Phi) is 6.59. The van der Waals surface area contributed by atoms with Gasteiger partial charge < -0.3 is 9.30 Å². The molecule has 2 heterocycles. The molecular weight excluding hydrogens is 460 g/mol. The van der Waals surface area contributed by atoms with Crippen LogP contribution in [0.2, 0.25) is 0 Å². The lowest BCUT2D eigenvalue weighted by atomic mass is 10.2. The number of aromatic nitrogens is 3. The second-order valence-corrected chi connectivity index (χ2v) is 10.6. The predicted octanol–water partition coefficient (Wildman–Crippen LogP) is 4.18. The Morgan fingerprint density at radius 1 is 1.12 bits per heavy atom. The third-order valence-electron chi connectivity index (χ3n) is 5.09.